The van der Waals surface area contributed by atoms with E-state index in [2.05, 4.69) is 15.9 Å². The minimum absolute atomic E-state index is 0.134. The third kappa shape index (κ3) is 1.82. The van der Waals surface area contributed by atoms with Crippen molar-refractivity contribution in [2.45, 2.75) is 0 Å². The Morgan fingerprint density at radius 3 is 2.33 bits per heavy atom. The highest BCUT2D eigenvalue weighted by Gasteiger charge is 2.19. The van der Waals surface area contributed by atoms with Gasteiger partial charge in [-0.15, -0.1) is 0 Å². The highest BCUT2D eigenvalue weighted by Crippen LogP contribution is 2.14. The van der Waals surface area contributed by atoms with Gasteiger partial charge in [0.1, 0.15) is 11.6 Å². The average molecular weight is 237 g/mol. The Morgan fingerprint density at radius 2 is 1.83 bits per heavy atom. The molecular weight excluding hydrogens is 233 g/mol. The highest BCUT2D eigenvalue weighted by molar-refractivity contribution is 9.10. The summed E-state index contributed by atoms with van der Waals surface area (Å²) in [5, 5.41) is 17.2. The van der Waals surface area contributed by atoms with E-state index in [0.717, 1.165) is 12.1 Å². The van der Waals surface area contributed by atoms with E-state index in [1.54, 1.807) is 0 Å². The molecule has 1 aromatic carbocycles. The molecule has 0 heterocycles. The maximum atomic E-state index is 12.9. The quantitative estimate of drug-likeness (QED) is 0.548. The fourth-order valence-corrected chi connectivity index (χ4v) is 1.21. The van der Waals surface area contributed by atoms with Crippen LogP contribution in [0.25, 0.3) is 0 Å². The number of hydrogen-bond acceptors (Lipinski definition) is 2. The summed E-state index contributed by atoms with van der Waals surface area (Å²) in [6.07, 6.45) is 0. The molecule has 2 nitrogen and oxygen atoms in total. The molecule has 0 fully saturated rings. The normalized spacial score (nSPS) is 10.1. The van der Waals surface area contributed by atoms with E-state index in [1.807, 2.05) is 0 Å². The maximum Gasteiger partial charge on any atom is 0.491 e. The maximum absolute atomic E-state index is 12.9. The summed E-state index contributed by atoms with van der Waals surface area (Å²) in [7, 11) is -2.00. The fraction of sp³-hybridized carbons (Fsp3) is 0. The van der Waals surface area contributed by atoms with Gasteiger partial charge < -0.3 is 10.0 Å². The lowest BCUT2D eigenvalue weighted by atomic mass is 9.80. The van der Waals surface area contributed by atoms with Crippen molar-refractivity contribution in [2.24, 2.45) is 0 Å². The van der Waals surface area contributed by atoms with E-state index < -0.39 is 24.2 Å². The van der Waals surface area contributed by atoms with Crippen LogP contribution < -0.4 is 5.46 Å². The zero-order valence-electron chi connectivity index (χ0n) is 5.76. The van der Waals surface area contributed by atoms with Crippen molar-refractivity contribution < 1.29 is 18.8 Å². The van der Waals surface area contributed by atoms with Crippen LogP contribution in [0.1, 0.15) is 0 Å². The Labute approximate surface area is 76.1 Å². The molecule has 0 aromatic heterocycles. The van der Waals surface area contributed by atoms with Crippen LogP contribution in [0.2, 0.25) is 0 Å². The summed E-state index contributed by atoms with van der Waals surface area (Å²) in [4.78, 5) is 0. The summed E-state index contributed by atoms with van der Waals surface area (Å²) < 4.78 is 25.3. The van der Waals surface area contributed by atoms with E-state index >= 15 is 0 Å². The molecule has 2 N–H and O–H groups in total. The number of halogens is 3. The topological polar surface area (TPSA) is 40.5 Å². The van der Waals surface area contributed by atoms with Crippen molar-refractivity contribution in [3.05, 3.63) is 28.2 Å². The molecule has 0 saturated carbocycles. The van der Waals surface area contributed by atoms with Gasteiger partial charge in [-0.3, -0.25) is 0 Å². The minimum atomic E-state index is -2.00. The molecule has 0 radical (unpaired) electrons. The molecule has 64 valence electrons. The average Bonchev–Trinajstić information content (AvgIpc) is 1.96. The molecule has 0 unspecified atom stereocenters. The Morgan fingerprint density at radius 1 is 1.25 bits per heavy atom. The van der Waals surface area contributed by atoms with Crippen LogP contribution in [0, 0.1) is 11.6 Å². The monoisotopic (exact) mass is 236 g/mol. The van der Waals surface area contributed by atoms with Crippen LogP contribution in [0.5, 0.6) is 0 Å². The first-order valence-corrected chi connectivity index (χ1v) is 3.82. The van der Waals surface area contributed by atoms with Crippen molar-refractivity contribution in [1.29, 1.82) is 0 Å². The summed E-state index contributed by atoms with van der Waals surface area (Å²) in [5.41, 5.74) is -0.484. The van der Waals surface area contributed by atoms with Gasteiger partial charge in [0.25, 0.3) is 0 Å². The summed E-state index contributed by atoms with van der Waals surface area (Å²) in [6, 6.07) is 1.63. The second kappa shape index (κ2) is 3.51. The van der Waals surface area contributed by atoms with Crippen LogP contribution in [0.4, 0.5) is 8.78 Å². The molecule has 0 spiro atoms. The first-order valence-electron chi connectivity index (χ1n) is 3.03. The number of hydrogen-bond donors (Lipinski definition) is 2. The predicted molar refractivity (Wildman–Crippen MR) is 43.9 cm³/mol. The van der Waals surface area contributed by atoms with Crippen LogP contribution in [-0.2, 0) is 0 Å². The van der Waals surface area contributed by atoms with Crippen LogP contribution >= 0.6 is 15.9 Å². The van der Waals surface area contributed by atoms with E-state index in [1.165, 1.54) is 0 Å². The molecule has 0 bridgehead atoms. The van der Waals surface area contributed by atoms with Crippen LogP contribution in [-0.4, -0.2) is 17.2 Å². The second-order valence-electron chi connectivity index (χ2n) is 2.16. The second-order valence-corrected chi connectivity index (χ2v) is 3.02. The van der Waals surface area contributed by atoms with Crippen LogP contribution in [0.3, 0.4) is 0 Å². The molecule has 0 aliphatic rings. The van der Waals surface area contributed by atoms with Gasteiger partial charge in [-0.1, -0.05) is 0 Å². The van der Waals surface area contributed by atoms with E-state index in [4.69, 9.17) is 10.0 Å². The zero-order chi connectivity index (χ0) is 9.30. The minimum Gasteiger partial charge on any atom is -0.423 e. The standard InChI is InChI=1S/C6H4BBrF2O2/c8-5-2-3(9)1-4(6(5)10)7(11)12/h1-2,11-12H. The third-order valence-electron chi connectivity index (χ3n) is 1.30. The highest BCUT2D eigenvalue weighted by atomic mass is 79.9. The van der Waals surface area contributed by atoms with Crippen molar-refractivity contribution in [3.63, 3.8) is 0 Å². The van der Waals surface area contributed by atoms with Crippen molar-refractivity contribution in [2.75, 3.05) is 0 Å². The Bertz CT molecular complexity index is 306. The lowest BCUT2D eigenvalue weighted by Crippen LogP contribution is -2.33. The van der Waals surface area contributed by atoms with Gasteiger partial charge in [-0.25, -0.2) is 8.78 Å². The van der Waals surface area contributed by atoms with E-state index in [0.29, 0.717) is 0 Å². The number of benzene rings is 1. The van der Waals surface area contributed by atoms with Crippen molar-refractivity contribution in [1.82, 2.24) is 0 Å². The predicted octanol–water partition coefficient (Wildman–Crippen LogP) is 0.407. The van der Waals surface area contributed by atoms with Gasteiger partial charge in [0, 0.05) is 5.46 Å². The lowest BCUT2D eigenvalue weighted by Gasteiger charge is -2.02. The van der Waals surface area contributed by atoms with E-state index in [-0.39, 0.29) is 4.47 Å². The zero-order valence-corrected chi connectivity index (χ0v) is 7.35. The summed E-state index contributed by atoms with van der Waals surface area (Å²) in [5.74, 6) is -1.60. The largest absolute Gasteiger partial charge is 0.491 e. The lowest BCUT2D eigenvalue weighted by molar-refractivity contribution is 0.422. The molecule has 6 heteroatoms. The number of rotatable bonds is 1. The van der Waals surface area contributed by atoms with Gasteiger partial charge in [-0.05, 0) is 28.1 Å². The summed E-state index contributed by atoms with van der Waals surface area (Å²) in [6.45, 7) is 0. The molecular formula is C6H4BBrF2O2. The smallest absolute Gasteiger partial charge is 0.423 e. The van der Waals surface area contributed by atoms with Crippen molar-refractivity contribution in [3.8, 4) is 0 Å². The van der Waals surface area contributed by atoms with Gasteiger partial charge in [0.05, 0.1) is 4.47 Å². The first-order chi connectivity index (χ1) is 5.52. The molecule has 0 saturated heterocycles. The van der Waals surface area contributed by atoms with Crippen molar-refractivity contribution >= 4 is 28.5 Å². The van der Waals surface area contributed by atoms with Gasteiger partial charge >= 0.3 is 7.12 Å². The third-order valence-corrected chi connectivity index (χ3v) is 1.88. The Kier molecular flexibility index (Phi) is 2.82. The molecule has 0 aliphatic carbocycles. The van der Waals surface area contributed by atoms with E-state index in [9.17, 15) is 8.78 Å². The molecule has 1 rings (SSSR count). The van der Waals surface area contributed by atoms with Gasteiger partial charge in [0.15, 0.2) is 0 Å². The Hall–Kier alpha value is -0.455. The van der Waals surface area contributed by atoms with Crippen LogP contribution in [0.15, 0.2) is 16.6 Å². The molecule has 1 aromatic rings. The molecule has 12 heavy (non-hydrogen) atoms. The van der Waals surface area contributed by atoms with Gasteiger partial charge in [0.2, 0.25) is 0 Å². The van der Waals surface area contributed by atoms with Gasteiger partial charge in [-0.2, -0.15) is 0 Å². The Balaban J connectivity index is 3.28. The molecule has 0 aliphatic heterocycles. The fourth-order valence-electron chi connectivity index (χ4n) is 0.764. The molecule has 0 amide bonds. The SMILES string of the molecule is OB(O)c1cc(F)cc(Br)c1F. The summed E-state index contributed by atoms with van der Waals surface area (Å²) >= 11 is 2.73. The first kappa shape index (κ1) is 9.63. The molecule has 0 atom stereocenters.